The third kappa shape index (κ3) is 3.80. The highest BCUT2D eigenvalue weighted by Crippen LogP contribution is 2.23. The average Bonchev–Trinajstić information content (AvgIpc) is 2.56. The number of ether oxygens (including phenoxy) is 2. The molecule has 0 saturated heterocycles. The molecule has 23 heavy (non-hydrogen) atoms. The van der Waals surface area contributed by atoms with Crippen molar-refractivity contribution < 1.29 is 14.3 Å². The molecule has 0 unspecified atom stereocenters. The number of hydrogen-bond acceptors (Lipinski definition) is 7. The molecule has 0 atom stereocenters. The van der Waals surface area contributed by atoms with Crippen molar-refractivity contribution in [3.63, 3.8) is 0 Å². The second-order valence-corrected chi connectivity index (χ2v) is 4.52. The lowest BCUT2D eigenvalue weighted by atomic mass is 10.2. The third-order valence-corrected chi connectivity index (χ3v) is 3.05. The molecule has 8 nitrogen and oxygen atoms in total. The summed E-state index contributed by atoms with van der Waals surface area (Å²) in [6, 6.07) is 8.42. The van der Waals surface area contributed by atoms with Crippen molar-refractivity contribution >= 4 is 23.2 Å². The Morgan fingerprint density at radius 3 is 2.57 bits per heavy atom. The predicted molar refractivity (Wildman–Crippen MR) is 87.1 cm³/mol. The number of nitrogens with one attached hydrogen (secondary N) is 3. The van der Waals surface area contributed by atoms with E-state index >= 15 is 0 Å². The zero-order valence-electron chi connectivity index (χ0n) is 12.8. The van der Waals surface area contributed by atoms with Gasteiger partial charge in [0, 0.05) is 5.69 Å². The van der Waals surface area contributed by atoms with Gasteiger partial charge in [-0.15, -0.1) is 0 Å². The first-order chi connectivity index (χ1) is 11.1. The Kier molecular flexibility index (Phi) is 5.21. The average molecular weight is 318 g/mol. The number of H-pyrrole nitrogens is 1. The number of hydrogen-bond donors (Lipinski definition) is 4. The fraction of sp³-hybridized carbons (Fsp3) is 0.200. The topological polar surface area (TPSA) is 118 Å². The van der Waals surface area contributed by atoms with Crippen LogP contribution in [0.15, 0.2) is 35.1 Å². The van der Waals surface area contributed by atoms with Crippen LogP contribution < -0.4 is 26.9 Å². The van der Waals surface area contributed by atoms with E-state index in [1.54, 1.807) is 38.3 Å². The van der Waals surface area contributed by atoms with Gasteiger partial charge in [-0.1, -0.05) is 0 Å². The molecule has 1 aromatic carbocycles. The SMILES string of the molecule is CCOC(=O)c1cc(NN)c(Nc2ccc(OC)cc2)[nH]c1=O. The first kappa shape index (κ1) is 16.4. The normalized spacial score (nSPS) is 10.0. The highest BCUT2D eigenvalue weighted by molar-refractivity contribution is 5.91. The summed E-state index contributed by atoms with van der Waals surface area (Å²) in [5.41, 5.74) is 2.80. The standard InChI is InChI=1S/C15H18N4O4/c1-3-23-15(21)11-8-12(19-16)13(18-14(11)20)17-9-4-6-10(22-2)7-5-9/h4-8,19H,3,16H2,1-2H3,(H2,17,18,20). The van der Waals surface area contributed by atoms with Crippen molar-refractivity contribution in [2.24, 2.45) is 5.84 Å². The fourth-order valence-corrected chi connectivity index (χ4v) is 1.92. The van der Waals surface area contributed by atoms with E-state index in [0.29, 0.717) is 22.9 Å². The van der Waals surface area contributed by atoms with Gasteiger partial charge >= 0.3 is 5.97 Å². The van der Waals surface area contributed by atoms with Gasteiger partial charge in [-0.25, -0.2) is 4.79 Å². The van der Waals surface area contributed by atoms with Crippen molar-refractivity contribution in [2.75, 3.05) is 24.5 Å². The molecule has 2 rings (SSSR count). The van der Waals surface area contributed by atoms with Crippen molar-refractivity contribution in [2.45, 2.75) is 6.92 Å². The minimum absolute atomic E-state index is 0.125. The van der Waals surface area contributed by atoms with Crippen LogP contribution in [0.5, 0.6) is 5.75 Å². The van der Waals surface area contributed by atoms with Gasteiger partial charge in [0.2, 0.25) is 0 Å². The predicted octanol–water partition coefficient (Wildman–Crippen LogP) is 1.59. The van der Waals surface area contributed by atoms with Crippen molar-refractivity contribution in [1.29, 1.82) is 0 Å². The molecule has 0 spiro atoms. The lowest BCUT2D eigenvalue weighted by Gasteiger charge is -2.13. The van der Waals surface area contributed by atoms with Gasteiger partial charge in [0.1, 0.15) is 17.1 Å². The smallest absolute Gasteiger partial charge is 0.343 e. The van der Waals surface area contributed by atoms with E-state index in [-0.39, 0.29) is 12.2 Å². The van der Waals surface area contributed by atoms with Gasteiger partial charge in [-0.3, -0.25) is 10.6 Å². The molecular weight excluding hydrogens is 300 g/mol. The first-order valence-electron chi connectivity index (χ1n) is 6.91. The van der Waals surface area contributed by atoms with Crippen LogP contribution in [0.4, 0.5) is 17.2 Å². The Labute approximate surface area is 132 Å². The number of nitrogen functional groups attached to an aromatic ring is 1. The molecule has 1 aromatic heterocycles. The molecule has 1 heterocycles. The molecule has 122 valence electrons. The van der Waals surface area contributed by atoms with Crippen molar-refractivity contribution in [1.82, 2.24) is 4.98 Å². The Morgan fingerprint density at radius 1 is 1.30 bits per heavy atom. The van der Waals surface area contributed by atoms with Crippen LogP contribution in [0.2, 0.25) is 0 Å². The molecule has 8 heteroatoms. The number of rotatable bonds is 6. The Bertz CT molecular complexity index is 740. The van der Waals surface area contributed by atoms with Crippen LogP contribution in [-0.2, 0) is 4.74 Å². The van der Waals surface area contributed by atoms with Gasteiger partial charge in [0.25, 0.3) is 5.56 Å². The van der Waals surface area contributed by atoms with Crippen molar-refractivity contribution in [3.05, 3.63) is 46.2 Å². The number of aromatic nitrogens is 1. The molecule has 0 aliphatic rings. The first-order valence-corrected chi connectivity index (χ1v) is 6.91. The summed E-state index contributed by atoms with van der Waals surface area (Å²) < 4.78 is 9.91. The molecule has 0 bridgehead atoms. The maximum Gasteiger partial charge on any atom is 0.343 e. The summed E-state index contributed by atoms with van der Waals surface area (Å²) in [6.07, 6.45) is 0. The van der Waals surface area contributed by atoms with E-state index in [1.165, 1.54) is 6.07 Å². The maximum absolute atomic E-state index is 12.0. The lowest BCUT2D eigenvalue weighted by molar-refractivity contribution is 0.0524. The van der Waals surface area contributed by atoms with E-state index in [1.807, 2.05) is 0 Å². The number of esters is 1. The van der Waals surface area contributed by atoms with Gasteiger partial charge in [0.15, 0.2) is 0 Å². The number of benzene rings is 1. The number of anilines is 3. The van der Waals surface area contributed by atoms with Crippen LogP contribution in [0, 0.1) is 0 Å². The van der Waals surface area contributed by atoms with E-state index in [4.69, 9.17) is 15.3 Å². The number of hydrazine groups is 1. The van der Waals surface area contributed by atoms with Crippen LogP contribution in [0.3, 0.4) is 0 Å². The van der Waals surface area contributed by atoms with Crippen LogP contribution in [0.1, 0.15) is 17.3 Å². The van der Waals surface area contributed by atoms with Gasteiger partial charge < -0.3 is 25.2 Å². The number of pyridine rings is 1. The molecule has 0 aliphatic heterocycles. The molecule has 0 aliphatic carbocycles. The highest BCUT2D eigenvalue weighted by Gasteiger charge is 2.15. The second kappa shape index (κ2) is 7.32. The van der Waals surface area contributed by atoms with Crippen LogP contribution >= 0.6 is 0 Å². The third-order valence-electron chi connectivity index (χ3n) is 3.05. The molecule has 0 fully saturated rings. The number of aromatic amines is 1. The minimum Gasteiger partial charge on any atom is -0.497 e. The summed E-state index contributed by atoms with van der Waals surface area (Å²) in [6.45, 7) is 1.84. The summed E-state index contributed by atoms with van der Waals surface area (Å²) in [4.78, 5) is 26.3. The lowest BCUT2D eigenvalue weighted by Crippen LogP contribution is -2.23. The molecule has 5 N–H and O–H groups in total. The molecule has 0 amide bonds. The minimum atomic E-state index is -0.707. The van der Waals surface area contributed by atoms with E-state index in [0.717, 1.165) is 0 Å². The maximum atomic E-state index is 12.0. The molecule has 0 radical (unpaired) electrons. The Hall–Kier alpha value is -3.00. The molecule has 0 saturated carbocycles. The number of carbonyl (C=O) groups is 1. The van der Waals surface area contributed by atoms with Gasteiger partial charge in [0.05, 0.1) is 19.4 Å². The number of nitrogens with two attached hydrogens (primary N) is 1. The van der Waals surface area contributed by atoms with Crippen LogP contribution in [-0.4, -0.2) is 24.7 Å². The molecule has 2 aromatic rings. The zero-order valence-corrected chi connectivity index (χ0v) is 12.8. The number of methoxy groups -OCH3 is 1. The largest absolute Gasteiger partial charge is 0.497 e. The monoisotopic (exact) mass is 318 g/mol. The van der Waals surface area contributed by atoms with E-state index in [9.17, 15) is 9.59 Å². The number of carbonyl (C=O) groups excluding carboxylic acids is 1. The zero-order chi connectivity index (χ0) is 16.8. The van der Waals surface area contributed by atoms with E-state index < -0.39 is 11.5 Å². The summed E-state index contributed by atoms with van der Waals surface area (Å²) >= 11 is 0. The summed E-state index contributed by atoms with van der Waals surface area (Å²) in [5, 5.41) is 3.01. The van der Waals surface area contributed by atoms with Crippen molar-refractivity contribution in [3.8, 4) is 5.75 Å². The highest BCUT2D eigenvalue weighted by atomic mass is 16.5. The Morgan fingerprint density at radius 2 is 2.00 bits per heavy atom. The quantitative estimate of drug-likeness (QED) is 0.363. The van der Waals surface area contributed by atoms with E-state index in [2.05, 4.69) is 15.7 Å². The van der Waals surface area contributed by atoms with Gasteiger partial charge in [-0.2, -0.15) is 0 Å². The summed E-state index contributed by atoms with van der Waals surface area (Å²) in [5.74, 6) is 5.79. The molecular formula is C15H18N4O4. The van der Waals surface area contributed by atoms with Gasteiger partial charge in [-0.05, 0) is 37.3 Å². The summed E-state index contributed by atoms with van der Waals surface area (Å²) in [7, 11) is 1.57. The second-order valence-electron chi connectivity index (χ2n) is 4.52. The fourth-order valence-electron chi connectivity index (χ4n) is 1.92. The van der Waals surface area contributed by atoms with Crippen LogP contribution in [0.25, 0.3) is 0 Å². The Balaban J connectivity index is 2.32.